The fourth-order valence-electron chi connectivity index (χ4n) is 2.38. The maximum Gasteiger partial charge on any atom is 0.241 e. The normalized spacial score (nSPS) is 19.1. The molecule has 0 aliphatic carbocycles. The van der Waals surface area contributed by atoms with Gasteiger partial charge in [-0.1, -0.05) is 15.9 Å². The van der Waals surface area contributed by atoms with Gasteiger partial charge in [-0.3, -0.25) is 9.69 Å². The molecule has 1 aliphatic heterocycles. The van der Waals surface area contributed by atoms with Gasteiger partial charge in [0.05, 0.1) is 17.6 Å². The Kier molecular flexibility index (Phi) is 5.84. The molecule has 1 atom stereocenters. The number of hydrogen-bond donors (Lipinski definition) is 1. The van der Waals surface area contributed by atoms with Gasteiger partial charge in [0.25, 0.3) is 0 Å². The van der Waals surface area contributed by atoms with Gasteiger partial charge in [-0.2, -0.15) is 0 Å². The van der Waals surface area contributed by atoms with Crippen LogP contribution >= 0.6 is 31.9 Å². The molecule has 114 valence electrons. The van der Waals surface area contributed by atoms with Gasteiger partial charge in [0.15, 0.2) is 0 Å². The van der Waals surface area contributed by atoms with Crippen LogP contribution in [-0.4, -0.2) is 37.6 Å². The number of rotatable bonds is 4. The number of carbonyl (C=O) groups excluding carboxylic acids is 1. The van der Waals surface area contributed by atoms with Gasteiger partial charge in [0.2, 0.25) is 5.91 Å². The van der Waals surface area contributed by atoms with E-state index in [2.05, 4.69) is 42.1 Å². The molecule has 0 spiro atoms. The largest absolute Gasteiger partial charge is 0.496 e. The Morgan fingerprint density at radius 3 is 2.81 bits per heavy atom. The van der Waals surface area contributed by atoms with Crippen LogP contribution in [-0.2, 0) is 4.79 Å². The van der Waals surface area contributed by atoms with Crippen molar-refractivity contribution in [2.75, 3.05) is 20.7 Å². The second kappa shape index (κ2) is 7.42. The number of likely N-dealkylation sites (N-methyl/N-ethyl adjacent to an activating group) is 1. The molecule has 1 saturated heterocycles. The minimum absolute atomic E-state index is 0.0162. The molecule has 1 fully saturated rings. The lowest BCUT2D eigenvalue weighted by atomic mass is 10.2. The van der Waals surface area contributed by atoms with Crippen LogP contribution in [0, 0.1) is 0 Å². The summed E-state index contributed by atoms with van der Waals surface area (Å²) >= 11 is 6.93. The fraction of sp³-hybridized carbons (Fsp3) is 0.400. The average Bonchev–Trinajstić information content (AvgIpc) is 2.87. The predicted molar refractivity (Wildman–Crippen MR) is 91.2 cm³/mol. The summed E-state index contributed by atoms with van der Waals surface area (Å²) in [6.07, 6.45) is 5.54. The molecule has 4 nitrogen and oxygen atoms in total. The fourth-order valence-corrected chi connectivity index (χ4v) is 3.67. The lowest BCUT2D eigenvalue weighted by Gasteiger charge is -2.17. The molecule has 1 heterocycles. The molecule has 0 saturated carbocycles. The molecule has 21 heavy (non-hydrogen) atoms. The van der Waals surface area contributed by atoms with Crippen molar-refractivity contribution < 1.29 is 9.53 Å². The first-order valence-electron chi connectivity index (χ1n) is 6.73. The lowest BCUT2D eigenvalue weighted by Crippen LogP contribution is -2.39. The van der Waals surface area contributed by atoms with Crippen LogP contribution in [0.1, 0.15) is 18.4 Å². The number of likely N-dealkylation sites (tertiary alicyclic amines) is 1. The number of nitrogens with zero attached hydrogens (tertiary/aromatic N) is 1. The van der Waals surface area contributed by atoms with Crippen molar-refractivity contribution in [3.05, 3.63) is 32.8 Å². The van der Waals surface area contributed by atoms with E-state index in [-0.39, 0.29) is 11.9 Å². The molecule has 0 aromatic heterocycles. The molecule has 6 heteroatoms. The standard InChI is InChI=1S/C15H18Br2N2O2/c1-19-7-3-4-13(19)15(20)18-6-5-10-8-14(21-2)12(17)9-11(10)16/h5-6,8-9,13H,3-4,7H2,1-2H3,(H,18,20)/t13-/m0/s1. The van der Waals surface area contributed by atoms with Gasteiger partial charge < -0.3 is 10.1 Å². The third-order valence-corrected chi connectivity index (χ3v) is 4.89. The Balaban J connectivity index is 2.03. The number of benzene rings is 1. The highest BCUT2D eigenvalue weighted by molar-refractivity contribution is 9.11. The monoisotopic (exact) mass is 416 g/mol. The number of amides is 1. The van der Waals surface area contributed by atoms with Crippen LogP contribution < -0.4 is 10.1 Å². The third kappa shape index (κ3) is 4.08. The topological polar surface area (TPSA) is 41.6 Å². The first-order valence-corrected chi connectivity index (χ1v) is 8.31. The van der Waals surface area contributed by atoms with Crippen molar-refractivity contribution in [3.63, 3.8) is 0 Å². The lowest BCUT2D eigenvalue weighted by molar-refractivity contribution is -0.124. The predicted octanol–water partition coefficient (Wildman–Crippen LogP) is 3.40. The van der Waals surface area contributed by atoms with Crippen molar-refractivity contribution in [3.8, 4) is 5.75 Å². The van der Waals surface area contributed by atoms with Gasteiger partial charge in [-0.25, -0.2) is 0 Å². The van der Waals surface area contributed by atoms with Crippen molar-refractivity contribution in [1.29, 1.82) is 0 Å². The first kappa shape index (κ1) is 16.5. The summed E-state index contributed by atoms with van der Waals surface area (Å²) in [6.45, 7) is 0.983. The molecule has 0 unspecified atom stereocenters. The highest BCUT2D eigenvalue weighted by Gasteiger charge is 2.26. The number of ether oxygens (including phenoxy) is 1. The van der Waals surface area contributed by atoms with Crippen molar-refractivity contribution in [2.45, 2.75) is 18.9 Å². The zero-order valence-corrected chi connectivity index (χ0v) is 15.2. The van der Waals surface area contributed by atoms with Crippen LogP contribution in [0.5, 0.6) is 5.75 Å². The Bertz CT molecular complexity index is 561. The number of carbonyl (C=O) groups is 1. The van der Waals surface area contributed by atoms with Crippen LogP contribution in [0.15, 0.2) is 27.3 Å². The molecule has 1 aromatic rings. The summed E-state index contributed by atoms with van der Waals surface area (Å²) < 4.78 is 7.08. The second-order valence-electron chi connectivity index (χ2n) is 4.99. The zero-order valence-electron chi connectivity index (χ0n) is 12.0. The maximum atomic E-state index is 12.1. The van der Waals surface area contributed by atoms with E-state index >= 15 is 0 Å². The SMILES string of the molecule is COc1cc(C=CNC(=O)[C@@H]2CCCN2C)c(Br)cc1Br. The summed E-state index contributed by atoms with van der Waals surface area (Å²) in [5.74, 6) is 0.797. The molecule has 1 N–H and O–H groups in total. The molecular formula is C15H18Br2N2O2. The minimum atomic E-state index is -0.0162. The van der Waals surface area contributed by atoms with Crippen LogP contribution in [0.25, 0.3) is 6.08 Å². The second-order valence-corrected chi connectivity index (χ2v) is 6.70. The summed E-state index contributed by atoms with van der Waals surface area (Å²) in [5.41, 5.74) is 0.940. The third-order valence-electron chi connectivity index (χ3n) is 3.58. The summed E-state index contributed by atoms with van der Waals surface area (Å²) in [5, 5.41) is 2.85. The number of nitrogens with one attached hydrogen (secondary N) is 1. The Morgan fingerprint density at radius 1 is 1.43 bits per heavy atom. The zero-order chi connectivity index (χ0) is 15.4. The Morgan fingerprint density at radius 2 is 2.19 bits per heavy atom. The van der Waals surface area contributed by atoms with E-state index in [4.69, 9.17) is 4.74 Å². The van der Waals surface area contributed by atoms with E-state index < -0.39 is 0 Å². The molecule has 1 aromatic carbocycles. The number of halogens is 2. The molecule has 1 amide bonds. The van der Waals surface area contributed by atoms with Crippen molar-refractivity contribution >= 4 is 43.8 Å². The van der Waals surface area contributed by atoms with Crippen LogP contribution in [0.2, 0.25) is 0 Å². The van der Waals surface area contributed by atoms with Gasteiger partial charge >= 0.3 is 0 Å². The summed E-state index contributed by atoms with van der Waals surface area (Å²) in [6, 6.07) is 3.81. The Labute approximate surface area is 141 Å². The molecule has 0 bridgehead atoms. The number of hydrogen-bond acceptors (Lipinski definition) is 3. The molecular weight excluding hydrogens is 400 g/mol. The van der Waals surface area contributed by atoms with Gasteiger partial charge in [0.1, 0.15) is 5.75 Å². The molecule has 1 aliphatic rings. The molecule has 0 radical (unpaired) electrons. The van der Waals surface area contributed by atoms with E-state index in [1.807, 2.05) is 25.3 Å². The first-order chi connectivity index (χ1) is 10.0. The highest BCUT2D eigenvalue weighted by Crippen LogP contribution is 2.32. The average molecular weight is 418 g/mol. The number of methoxy groups -OCH3 is 1. The highest BCUT2D eigenvalue weighted by atomic mass is 79.9. The van der Waals surface area contributed by atoms with E-state index in [0.717, 1.165) is 39.6 Å². The van der Waals surface area contributed by atoms with Crippen LogP contribution in [0.3, 0.4) is 0 Å². The van der Waals surface area contributed by atoms with E-state index in [0.29, 0.717) is 0 Å². The maximum absolute atomic E-state index is 12.1. The van der Waals surface area contributed by atoms with Crippen molar-refractivity contribution in [1.82, 2.24) is 10.2 Å². The summed E-state index contributed by atoms with van der Waals surface area (Å²) in [4.78, 5) is 14.1. The molecule has 2 rings (SSSR count). The van der Waals surface area contributed by atoms with E-state index in [1.54, 1.807) is 13.3 Å². The van der Waals surface area contributed by atoms with Gasteiger partial charge in [-0.05, 0) is 66.1 Å². The van der Waals surface area contributed by atoms with Crippen molar-refractivity contribution in [2.24, 2.45) is 0 Å². The van der Waals surface area contributed by atoms with E-state index in [1.165, 1.54) is 0 Å². The summed E-state index contributed by atoms with van der Waals surface area (Å²) in [7, 11) is 3.61. The van der Waals surface area contributed by atoms with E-state index in [9.17, 15) is 4.79 Å². The van der Waals surface area contributed by atoms with Crippen LogP contribution in [0.4, 0.5) is 0 Å². The quantitative estimate of drug-likeness (QED) is 0.816. The van der Waals surface area contributed by atoms with Gasteiger partial charge in [0, 0.05) is 10.7 Å². The van der Waals surface area contributed by atoms with Gasteiger partial charge in [-0.15, -0.1) is 0 Å². The Hall–Kier alpha value is -0.850. The minimum Gasteiger partial charge on any atom is -0.496 e. The smallest absolute Gasteiger partial charge is 0.241 e.